The van der Waals surface area contributed by atoms with Gasteiger partial charge in [0.1, 0.15) is 0 Å². The maximum absolute atomic E-state index is 12.0. The highest BCUT2D eigenvalue weighted by molar-refractivity contribution is 6.33. The molecule has 0 saturated carbocycles. The first-order valence-electron chi connectivity index (χ1n) is 5.94. The number of halogens is 2. The van der Waals surface area contributed by atoms with Gasteiger partial charge in [-0.3, -0.25) is 14.9 Å². The van der Waals surface area contributed by atoms with Gasteiger partial charge in [0.15, 0.2) is 5.78 Å². The summed E-state index contributed by atoms with van der Waals surface area (Å²) in [6.45, 7) is 0.0269. The second-order valence-corrected chi connectivity index (χ2v) is 5.05. The number of non-ortho nitro benzene ring substituents is 1. The molecular formula is C14H10Cl2N2O3. The minimum Gasteiger partial charge on any atom is -0.376 e. The van der Waals surface area contributed by atoms with Gasteiger partial charge in [-0.2, -0.15) is 0 Å². The molecule has 0 aromatic heterocycles. The van der Waals surface area contributed by atoms with E-state index in [1.165, 1.54) is 18.2 Å². The largest absolute Gasteiger partial charge is 0.376 e. The minimum absolute atomic E-state index is 0.0269. The first kappa shape index (κ1) is 15.3. The Kier molecular flexibility index (Phi) is 4.77. The first-order chi connectivity index (χ1) is 9.97. The molecule has 108 valence electrons. The van der Waals surface area contributed by atoms with Crippen molar-refractivity contribution in [1.29, 1.82) is 0 Å². The van der Waals surface area contributed by atoms with Crippen molar-refractivity contribution in [2.45, 2.75) is 0 Å². The van der Waals surface area contributed by atoms with Crippen LogP contribution in [0.5, 0.6) is 0 Å². The summed E-state index contributed by atoms with van der Waals surface area (Å²) in [6, 6.07) is 10.5. The van der Waals surface area contributed by atoms with Gasteiger partial charge < -0.3 is 5.32 Å². The SMILES string of the molecule is O=C(CNc1ccc([N+](=O)[O-])cc1Cl)c1ccc(Cl)cc1. The van der Waals surface area contributed by atoms with Crippen LogP contribution < -0.4 is 5.32 Å². The Bertz CT molecular complexity index is 687. The zero-order valence-corrected chi connectivity index (χ0v) is 12.2. The summed E-state index contributed by atoms with van der Waals surface area (Å²) >= 11 is 11.7. The van der Waals surface area contributed by atoms with Gasteiger partial charge in [0.2, 0.25) is 0 Å². The second-order valence-electron chi connectivity index (χ2n) is 4.20. The van der Waals surface area contributed by atoms with Crippen molar-refractivity contribution in [3.8, 4) is 0 Å². The average Bonchev–Trinajstić information content (AvgIpc) is 2.46. The Hall–Kier alpha value is -2.11. The Balaban J connectivity index is 2.04. The molecule has 0 aliphatic rings. The molecule has 5 nitrogen and oxygen atoms in total. The zero-order valence-electron chi connectivity index (χ0n) is 10.7. The van der Waals surface area contributed by atoms with E-state index in [1.54, 1.807) is 24.3 Å². The van der Waals surface area contributed by atoms with Crippen molar-refractivity contribution in [1.82, 2.24) is 0 Å². The normalized spacial score (nSPS) is 10.2. The molecule has 0 heterocycles. The highest BCUT2D eigenvalue weighted by Crippen LogP contribution is 2.26. The lowest BCUT2D eigenvalue weighted by Gasteiger charge is -2.07. The Labute approximate surface area is 130 Å². The molecule has 0 radical (unpaired) electrons. The van der Waals surface area contributed by atoms with Crippen LogP contribution in [0.2, 0.25) is 10.0 Å². The molecule has 1 N–H and O–H groups in total. The van der Waals surface area contributed by atoms with Crippen LogP contribution >= 0.6 is 23.2 Å². The topological polar surface area (TPSA) is 72.2 Å². The van der Waals surface area contributed by atoms with Gasteiger partial charge in [-0.1, -0.05) is 23.2 Å². The van der Waals surface area contributed by atoms with Gasteiger partial charge in [0.05, 0.1) is 22.2 Å². The number of hydrogen-bond donors (Lipinski definition) is 1. The number of ketones is 1. The fraction of sp³-hybridized carbons (Fsp3) is 0.0714. The number of carbonyl (C=O) groups excluding carboxylic acids is 1. The predicted molar refractivity (Wildman–Crippen MR) is 82.4 cm³/mol. The van der Waals surface area contributed by atoms with Gasteiger partial charge in [-0.15, -0.1) is 0 Å². The van der Waals surface area contributed by atoms with E-state index >= 15 is 0 Å². The van der Waals surface area contributed by atoms with E-state index in [4.69, 9.17) is 23.2 Å². The maximum atomic E-state index is 12.0. The van der Waals surface area contributed by atoms with Gasteiger partial charge in [0.25, 0.3) is 5.69 Å². The highest BCUT2D eigenvalue weighted by Gasteiger charge is 2.11. The minimum atomic E-state index is -0.533. The number of benzene rings is 2. The van der Waals surface area contributed by atoms with E-state index in [1.807, 2.05) is 0 Å². The van der Waals surface area contributed by atoms with Gasteiger partial charge in [0, 0.05) is 22.7 Å². The summed E-state index contributed by atoms with van der Waals surface area (Å²) in [5, 5.41) is 14.2. The third-order valence-corrected chi connectivity index (χ3v) is 3.33. The van der Waals surface area contributed by atoms with E-state index in [0.29, 0.717) is 16.3 Å². The lowest BCUT2D eigenvalue weighted by atomic mass is 10.1. The Morgan fingerprint density at radius 3 is 2.38 bits per heavy atom. The number of nitrogens with zero attached hydrogens (tertiary/aromatic N) is 1. The summed E-state index contributed by atoms with van der Waals surface area (Å²) in [7, 11) is 0. The molecule has 0 aliphatic carbocycles. The second kappa shape index (κ2) is 6.56. The molecule has 2 aromatic carbocycles. The average molecular weight is 325 g/mol. The molecule has 0 bridgehead atoms. The molecule has 0 saturated heterocycles. The van der Waals surface area contributed by atoms with Crippen LogP contribution in [0.3, 0.4) is 0 Å². The summed E-state index contributed by atoms with van der Waals surface area (Å²) in [5.74, 6) is -0.138. The van der Waals surface area contributed by atoms with Crippen LogP contribution in [0.4, 0.5) is 11.4 Å². The van der Waals surface area contributed by atoms with Crippen molar-refractivity contribution in [3.63, 3.8) is 0 Å². The van der Waals surface area contributed by atoms with E-state index in [9.17, 15) is 14.9 Å². The summed E-state index contributed by atoms with van der Waals surface area (Å²) in [5.41, 5.74) is 0.879. The number of nitro groups is 1. The molecule has 0 spiro atoms. The predicted octanol–water partition coefficient (Wildman–Crippen LogP) is 4.20. The van der Waals surface area contributed by atoms with Crippen LogP contribution in [-0.2, 0) is 0 Å². The Morgan fingerprint density at radius 2 is 1.81 bits per heavy atom. The van der Waals surface area contributed by atoms with Gasteiger partial charge >= 0.3 is 0 Å². The van der Waals surface area contributed by atoms with Crippen molar-refractivity contribution in [2.75, 3.05) is 11.9 Å². The van der Waals surface area contributed by atoms with E-state index in [2.05, 4.69) is 5.32 Å². The van der Waals surface area contributed by atoms with Crippen molar-refractivity contribution < 1.29 is 9.72 Å². The molecule has 0 fully saturated rings. The number of Topliss-reactive ketones (excluding diaryl/α,β-unsaturated/α-hetero) is 1. The lowest BCUT2D eigenvalue weighted by Crippen LogP contribution is -2.14. The van der Waals surface area contributed by atoms with Gasteiger partial charge in [-0.05, 0) is 30.3 Å². The van der Waals surface area contributed by atoms with Crippen LogP contribution in [0.15, 0.2) is 42.5 Å². The molecule has 0 aliphatic heterocycles. The molecule has 0 atom stereocenters. The fourth-order valence-electron chi connectivity index (χ4n) is 1.67. The monoisotopic (exact) mass is 324 g/mol. The van der Waals surface area contributed by atoms with Gasteiger partial charge in [-0.25, -0.2) is 0 Å². The number of nitrogens with one attached hydrogen (secondary N) is 1. The number of anilines is 1. The van der Waals surface area contributed by atoms with Crippen molar-refractivity contribution >= 4 is 40.4 Å². The lowest BCUT2D eigenvalue weighted by molar-refractivity contribution is -0.384. The number of rotatable bonds is 5. The van der Waals surface area contributed by atoms with Crippen LogP contribution in [0.1, 0.15) is 10.4 Å². The molecule has 7 heteroatoms. The molecule has 21 heavy (non-hydrogen) atoms. The highest BCUT2D eigenvalue weighted by atomic mass is 35.5. The van der Waals surface area contributed by atoms with Crippen molar-refractivity contribution in [2.24, 2.45) is 0 Å². The van der Waals surface area contributed by atoms with Crippen LogP contribution in [0.25, 0.3) is 0 Å². The summed E-state index contributed by atoms with van der Waals surface area (Å²) < 4.78 is 0. The molecule has 0 unspecified atom stereocenters. The zero-order chi connectivity index (χ0) is 15.4. The quantitative estimate of drug-likeness (QED) is 0.508. The summed E-state index contributed by atoms with van der Waals surface area (Å²) in [6.07, 6.45) is 0. The number of nitro benzene ring substituents is 1. The van der Waals surface area contributed by atoms with E-state index in [0.717, 1.165) is 0 Å². The van der Waals surface area contributed by atoms with Crippen molar-refractivity contribution in [3.05, 3.63) is 68.2 Å². The van der Waals surface area contributed by atoms with Crippen LogP contribution in [0, 0.1) is 10.1 Å². The first-order valence-corrected chi connectivity index (χ1v) is 6.69. The fourth-order valence-corrected chi connectivity index (χ4v) is 2.04. The molecular weight excluding hydrogens is 315 g/mol. The van der Waals surface area contributed by atoms with Crippen LogP contribution in [-0.4, -0.2) is 17.3 Å². The van der Waals surface area contributed by atoms with E-state index in [-0.39, 0.29) is 23.0 Å². The molecule has 2 aromatic rings. The summed E-state index contributed by atoms with van der Waals surface area (Å²) in [4.78, 5) is 22.0. The molecule has 0 amide bonds. The molecule has 2 rings (SSSR count). The number of hydrogen-bond acceptors (Lipinski definition) is 4. The third-order valence-electron chi connectivity index (χ3n) is 2.77. The maximum Gasteiger partial charge on any atom is 0.271 e. The van der Waals surface area contributed by atoms with E-state index < -0.39 is 4.92 Å². The standard InChI is InChI=1S/C14H10Cl2N2O3/c15-10-3-1-9(2-4-10)14(19)8-17-13-6-5-11(18(20)21)7-12(13)16/h1-7,17H,8H2. The number of carbonyl (C=O) groups is 1. The third kappa shape index (κ3) is 3.93. The Morgan fingerprint density at radius 1 is 1.14 bits per heavy atom. The smallest absolute Gasteiger partial charge is 0.271 e.